The standard InChI is InChI=1S/C19H22N2O4S/c1-3-26(23,24)21-13-18(25-17-10-5-4-9-16(17)21)19(22)20-12-15-8-6-7-14(2)11-15/h4-11,18H,3,12-13H2,1-2H3,(H,20,22)/t18-/m1/s1. The molecule has 1 atom stereocenters. The maximum absolute atomic E-state index is 12.6. The fourth-order valence-corrected chi connectivity index (χ4v) is 4.01. The second-order valence-electron chi connectivity index (χ2n) is 6.21. The van der Waals surface area contributed by atoms with Crippen LogP contribution in [0.25, 0.3) is 0 Å². The van der Waals surface area contributed by atoms with Gasteiger partial charge in [-0.25, -0.2) is 8.42 Å². The number of sulfonamides is 1. The summed E-state index contributed by atoms with van der Waals surface area (Å²) < 4.78 is 31.9. The monoisotopic (exact) mass is 374 g/mol. The number of rotatable bonds is 5. The predicted octanol–water partition coefficient (Wildman–Crippen LogP) is 2.23. The Morgan fingerprint density at radius 1 is 1.23 bits per heavy atom. The van der Waals surface area contributed by atoms with Crippen molar-refractivity contribution in [2.24, 2.45) is 0 Å². The number of anilines is 1. The number of amides is 1. The molecule has 7 heteroatoms. The Bertz CT molecular complexity index is 911. The van der Waals surface area contributed by atoms with E-state index in [2.05, 4.69) is 5.32 Å². The predicted molar refractivity (Wildman–Crippen MR) is 101 cm³/mol. The maximum Gasteiger partial charge on any atom is 0.263 e. The summed E-state index contributed by atoms with van der Waals surface area (Å²) in [6, 6.07) is 14.7. The Kier molecular flexibility index (Phi) is 5.18. The number of fused-ring (bicyclic) bond motifs is 1. The molecule has 0 spiro atoms. The topological polar surface area (TPSA) is 75.7 Å². The van der Waals surface area contributed by atoms with Gasteiger partial charge >= 0.3 is 0 Å². The third-order valence-corrected chi connectivity index (χ3v) is 6.02. The Hall–Kier alpha value is -2.54. The van der Waals surface area contributed by atoms with Gasteiger partial charge in [0.15, 0.2) is 6.10 Å². The molecule has 0 radical (unpaired) electrons. The number of ether oxygens (including phenoxy) is 1. The van der Waals surface area contributed by atoms with Gasteiger partial charge in [0.25, 0.3) is 5.91 Å². The first kappa shape index (κ1) is 18.3. The van der Waals surface area contributed by atoms with Crippen LogP contribution in [0, 0.1) is 6.92 Å². The molecule has 1 N–H and O–H groups in total. The second-order valence-corrected chi connectivity index (χ2v) is 8.39. The number of benzene rings is 2. The van der Waals surface area contributed by atoms with E-state index in [4.69, 9.17) is 4.74 Å². The minimum atomic E-state index is -3.50. The zero-order chi connectivity index (χ0) is 18.7. The summed E-state index contributed by atoms with van der Waals surface area (Å²) in [6.45, 7) is 3.90. The third kappa shape index (κ3) is 3.83. The van der Waals surface area contributed by atoms with Crippen molar-refractivity contribution < 1.29 is 17.9 Å². The van der Waals surface area contributed by atoms with E-state index in [1.165, 1.54) is 4.31 Å². The van der Waals surface area contributed by atoms with Crippen LogP contribution in [0.1, 0.15) is 18.1 Å². The molecule has 2 aromatic rings. The zero-order valence-corrected chi connectivity index (χ0v) is 15.6. The lowest BCUT2D eigenvalue weighted by Crippen LogP contribution is -2.50. The molecule has 0 fully saturated rings. The molecule has 0 aromatic heterocycles. The van der Waals surface area contributed by atoms with Crippen LogP contribution < -0.4 is 14.4 Å². The molecular weight excluding hydrogens is 352 g/mol. The van der Waals surface area contributed by atoms with Crippen molar-refractivity contribution >= 4 is 21.6 Å². The van der Waals surface area contributed by atoms with E-state index in [0.29, 0.717) is 18.0 Å². The summed E-state index contributed by atoms with van der Waals surface area (Å²) in [4.78, 5) is 12.6. The van der Waals surface area contributed by atoms with Gasteiger partial charge < -0.3 is 10.1 Å². The number of hydrogen-bond donors (Lipinski definition) is 1. The lowest BCUT2D eigenvalue weighted by molar-refractivity contribution is -0.127. The molecular formula is C19H22N2O4S. The van der Waals surface area contributed by atoms with Gasteiger partial charge in [-0.05, 0) is 31.5 Å². The van der Waals surface area contributed by atoms with Crippen molar-refractivity contribution in [3.05, 3.63) is 59.7 Å². The highest BCUT2D eigenvalue weighted by Crippen LogP contribution is 2.35. The molecule has 0 aliphatic carbocycles. The van der Waals surface area contributed by atoms with E-state index >= 15 is 0 Å². The average Bonchev–Trinajstić information content (AvgIpc) is 2.65. The van der Waals surface area contributed by atoms with E-state index in [1.807, 2.05) is 31.2 Å². The molecule has 1 heterocycles. The van der Waals surface area contributed by atoms with Crippen molar-refractivity contribution in [2.45, 2.75) is 26.5 Å². The Morgan fingerprint density at radius 2 is 2.00 bits per heavy atom. The summed E-state index contributed by atoms with van der Waals surface area (Å²) in [7, 11) is -3.50. The van der Waals surface area contributed by atoms with Crippen LogP contribution >= 0.6 is 0 Å². The number of carbonyl (C=O) groups excluding carboxylic acids is 1. The molecule has 26 heavy (non-hydrogen) atoms. The van der Waals surface area contributed by atoms with E-state index in [1.54, 1.807) is 31.2 Å². The molecule has 2 aromatic carbocycles. The van der Waals surface area contributed by atoms with Gasteiger partial charge in [-0.2, -0.15) is 0 Å². The van der Waals surface area contributed by atoms with Crippen molar-refractivity contribution in [3.63, 3.8) is 0 Å². The quantitative estimate of drug-likeness (QED) is 0.871. The molecule has 0 saturated heterocycles. The van der Waals surface area contributed by atoms with E-state index in [9.17, 15) is 13.2 Å². The molecule has 0 saturated carbocycles. The number of nitrogens with one attached hydrogen (secondary N) is 1. The highest BCUT2D eigenvalue weighted by molar-refractivity contribution is 7.92. The molecule has 6 nitrogen and oxygen atoms in total. The van der Waals surface area contributed by atoms with Gasteiger partial charge in [0.1, 0.15) is 5.75 Å². The molecule has 1 aliphatic rings. The number of aryl methyl sites for hydroxylation is 1. The highest BCUT2D eigenvalue weighted by Gasteiger charge is 2.35. The largest absolute Gasteiger partial charge is 0.476 e. The van der Waals surface area contributed by atoms with Crippen LogP contribution in [0.15, 0.2) is 48.5 Å². The van der Waals surface area contributed by atoms with Crippen LogP contribution in [0.5, 0.6) is 5.75 Å². The number of nitrogens with zero attached hydrogens (tertiary/aromatic N) is 1. The molecule has 0 bridgehead atoms. The van der Waals surface area contributed by atoms with Crippen molar-refractivity contribution in [2.75, 3.05) is 16.6 Å². The van der Waals surface area contributed by atoms with Crippen LogP contribution in [0.4, 0.5) is 5.69 Å². The normalized spacial score (nSPS) is 16.5. The average molecular weight is 374 g/mol. The highest BCUT2D eigenvalue weighted by atomic mass is 32.2. The maximum atomic E-state index is 12.6. The van der Waals surface area contributed by atoms with Crippen molar-refractivity contribution in [3.8, 4) is 5.75 Å². The first-order valence-electron chi connectivity index (χ1n) is 8.50. The fraction of sp³-hybridized carbons (Fsp3) is 0.316. The van der Waals surface area contributed by atoms with Crippen LogP contribution in [0.3, 0.4) is 0 Å². The minimum absolute atomic E-state index is 0.0349. The number of para-hydroxylation sites is 2. The van der Waals surface area contributed by atoms with Gasteiger partial charge in [0, 0.05) is 6.54 Å². The van der Waals surface area contributed by atoms with Crippen molar-refractivity contribution in [1.82, 2.24) is 5.32 Å². The summed E-state index contributed by atoms with van der Waals surface area (Å²) in [6.07, 6.45) is -0.893. The Balaban J connectivity index is 1.77. The third-order valence-electron chi connectivity index (χ3n) is 4.28. The molecule has 1 aliphatic heterocycles. The Labute approximate surface area is 153 Å². The SMILES string of the molecule is CCS(=O)(=O)N1C[C@H](C(=O)NCc2cccc(C)c2)Oc2ccccc21. The zero-order valence-electron chi connectivity index (χ0n) is 14.8. The lowest BCUT2D eigenvalue weighted by atomic mass is 10.1. The number of carbonyl (C=O) groups is 1. The van der Waals surface area contributed by atoms with Gasteiger partial charge in [-0.1, -0.05) is 42.0 Å². The number of hydrogen-bond acceptors (Lipinski definition) is 4. The summed E-state index contributed by atoms with van der Waals surface area (Å²) in [5.74, 6) is 0.0164. The molecule has 138 valence electrons. The minimum Gasteiger partial charge on any atom is -0.476 e. The van der Waals surface area contributed by atoms with E-state index in [0.717, 1.165) is 11.1 Å². The smallest absolute Gasteiger partial charge is 0.263 e. The van der Waals surface area contributed by atoms with E-state index in [-0.39, 0.29) is 18.2 Å². The van der Waals surface area contributed by atoms with Crippen LogP contribution in [-0.2, 0) is 21.4 Å². The van der Waals surface area contributed by atoms with Crippen LogP contribution in [-0.4, -0.2) is 32.7 Å². The van der Waals surface area contributed by atoms with Gasteiger partial charge in [0.05, 0.1) is 18.0 Å². The molecule has 1 amide bonds. The van der Waals surface area contributed by atoms with Gasteiger partial charge in [-0.3, -0.25) is 9.10 Å². The summed E-state index contributed by atoms with van der Waals surface area (Å²) >= 11 is 0. The first-order chi connectivity index (χ1) is 12.4. The van der Waals surface area contributed by atoms with Crippen molar-refractivity contribution in [1.29, 1.82) is 0 Å². The first-order valence-corrected chi connectivity index (χ1v) is 10.1. The molecule has 3 rings (SSSR count). The van der Waals surface area contributed by atoms with E-state index < -0.39 is 16.1 Å². The van der Waals surface area contributed by atoms with Crippen LogP contribution in [0.2, 0.25) is 0 Å². The lowest BCUT2D eigenvalue weighted by Gasteiger charge is -2.34. The molecule has 0 unspecified atom stereocenters. The fourth-order valence-electron chi connectivity index (χ4n) is 2.88. The Morgan fingerprint density at radius 3 is 2.73 bits per heavy atom. The summed E-state index contributed by atoms with van der Waals surface area (Å²) in [5.41, 5.74) is 2.56. The van der Waals surface area contributed by atoms with Gasteiger partial charge in [-0.15, -0.1) is 0 Å². The second kappa shape index (κ2) is 7.37. The van der Waals surface area contributed by atoms with Gasteiger partial charge in [0.2, 0.25) is 10.0 Å². The summed E-state index contributed by atoms with van der Waals surface area (Å²) in [5, 5.41) is 2.83.